The number of carbonyl (C=O) groups is 1. The quantitative estimate of drug-likeness (QED) is 0.230. The number of nitrogens with zero attached hydrogens (tertiary/aromatic N) is 6. The lowest BCUT2D eigenvalue weighted by molar-refractivity contribution is -0.124. The van der Waals surface area contributed by atoms with Crippen LogP contribution in [0.2, 0.25) is 0 Å². The number of aromatic nitrogens is 3. The van der Waals surface area contributed by atoms with Gasteiger partial charge in [0.15, 0.2) is 0 Å². The van der Waals surface area contributed by atoms with Crippen LogP contribution in [0, 0.1) is 18.3 Å². The molecule has 3 aromatic rings. The molecule has 8 heteroatoms. The number of fused-ring (bicyclic) bond motifs is 3. The molecule has 1 unspecified atom stereocenters. The van der Waals surface area contributed by atoms with Gasteiger partial charge in [-0.2, -0.15) is 5.10 Å². The average molecular weight is 681 g/mol. The second kappa shape index (κ2) is 13.7. The Morgan fingerprint density at radius 1 is 0.960 bits per heavy atom. The van der Waals surface area contributed by atoms with Gasteiger partial charge in [0.1, 0.15) is 11.6 Å². The number of likely N-dealkylation sites (tertiary alicyclic amines) is 1. The second-order valence-corrected chi connectivity index (χ2v) is 17.5. The van der Waals surface area contributed by atoms with Gasteiger partial charge in [0, 0.05) is 55.6 Å². The van der Waals surface area contributed by atoms with Gasteiger partial charge >= 0.3 is 0 Å². The maximum Gasteiger partial charge on any atom is 0.231 e. The first-order chi connectivity index (χ1) is 23.9. The number of carbonyl (C=O) groups excluding carboxylic acids is 1. The summed E-state index contributed by atoms with van der Waals surface area (Å²) in [6.07, 6.45) is 18.3. The SMILES string of the molecule is COc1ccc(C23CCC(CN(C(=O)C4CCC(N5CCC(N(C)C)C5)CC4)c4cc(-c5cnn(C(C)(C)C)c5)ccn4)(CC2)CC3)cc1C. The Bertz CT molecular complexity index is 1640. The molecule has 4 saturated carbocycles. The summed E-state index contributed by atoms with van der Waals surface area (Å²) < 4.78 is 7.60. The van der Waals surface area contributed by atoms with Gasteiger partial charge in [-0.25, -0.2) is 4.98 Å². The van der Waals surface area contributed by atoms with Crippen molar-refractivity contribution in [3.8, 4) is 16.9 Å². The number of hydrogen-bond acceptors (Lipinski definition) is 6. The molecule has 0 N–H and O–H groups in total. The van der Waals surface area contributed by atoms with Crippen LogP contribution >= 0.6 is 0 Å². The third kappa shape index (κ3) is 6.87. The third-order valence-electron chi connectivity index (χ3n) is 13.3. The smallest absolute Gasteiger partial charge is 0.231 e. The van der Waals surface area contributed by atoms with E-state index in [1.54, 1.807) is 7.11 Å². The molecule has 5 fully saturated rings. The van der Waals surface area contributed by atoms with Gasteiger partial charge in [0.25, 0.3) is 0 Å². The Hall–Kier alpha value is -3.23. The van der Waals surface area contributed by atoms with Crippen LogP contribution in [0.3, 0.4) is 0 Å². The molecule has 1 saturated heterocycles. The summed E-state index contributed by atoms with van der Waals surface area (Å²) >= 11 is 0. The zero-order valence-corrected chi connectivity index (χ0v) is 31.8. The molecule has 8 nitrogen and oxygen atoms in total. The molecular weight excluding hydrogens is 621 g/mol. The Kier molecular flexibility index (Phi) is 9.65. The van der Waals surface area contributed by atoms with E-state index < -0.39 is 0 Å². The van der Waals surface area contributed by atoms with E-state index in [9.17, 15) is 4.79 Å². The Balaban J connectivity index is 1.12. The van der Waals surface area contributed by atoms with Crippen LogP contribution in [0.15, 0.2) is 48.9 Å². The highest BCUT2D eigenvalue weighted by molar-refractivity contribution is 5.95. The predicted octanol–water partition coefficient (Wildman–Crippen LogP) is 7.84. The Labute approximate surface area is 300 Å². The molecule has 4 aliphatic carbocycles. The van der Waals surface area contributed by atoms with Crippen molar-refractivity contribution in [2.75, 3.05) is 45.7 Å². The van der Waals surface area contributed by atoms with E-state index in [0.29, 0.717) is 12.1 Å². The second-order valence-electron chi connectivity index (χ2n) is 17.5. The maximum absolute atomic E-state index is 14.8. The van der Waals surface area contributed by atoms with E-state index in [0.717, 1.165) is 80.7 Å². The fraction of sp³-hybridized carbons (Fsp3) is 0.643. The van der Waals surface area contributed by atoms with Crippen LogP contribution in [-0.2, 0) is 15.7 Å². The molecule has 1 aliphatic heterocycles. The molecule has 3 heterocycles. The molecule has 0 radical (unpaired) electrons. The number of rotatable bonds is 9. The lowest BCUT2D eigenvalue weighted by atomic mass is 9.51. The van der Waals surface area contributed by atoms with Crippen LogP contribution in [0.1, 0.15) is 103 Å². The first-order valence-corrected chi connectivity index (χ1v) is 19.3. The summed E-state index contributed by atoms with van der Waals surface area (Å²) in [4.78, 5) is 26.9. The van der Waals surface area contributed by atoms with Crippen molar-refractivity contribution >= 4 is 11.7 Å². The Morgan fingerprint density at radius 3 is 2.28 bits per heavy atom. The molecule has 8 rings (SSSR count). The molecule has 5 aliphatic rings. The van der Waals surface area contributed by atoms with Gasteiger partial charge in [-0.1, -0.05) is 12.1 Å². The summed E-state index contributed by atoms with van der Waals surface area (Å²) in [5, 5.41) is 4.67. The minimum absolute atomic E-state index is 0.0533. The van der Waals surface area contributed by atoms with E-state index in [1.165, 1.54) is 43.4 Å². The highest BCUT2D eigenvalue weighted by Crippen LogP contribution is 2.58. The number of anilines is 1. The van der Waals surface area contributed by atoms with Gasteiger partial charge in [-0.15, -0.1) is 0 Å². The lowest BCUT2D eigenvalue weighted by Gasteiger charge is -2.55. The number of aryl methyl sites for hydroxylation is 1. The monoisotopic (exact) mass is 680 g/mol. The van der Waals surface area contributed by atoms with Crippen molar-refractivity contribution in [1.29, 1.82) is 0 Å². The molecule has 1 aromatic carbocycles. The number of likely N-dealkylation sites (N-methyl/N-ethyl adjacent to an activating group) is 1. The molecule has 1 atom stereocenters. The summed E-state index contributed by atoms with van der Waals surface area (Å²) in [5.74, 6) is 2.10. The number of amides is 1. The van der Waals surface area contributed by atoms with Crippen LogP contribution in [0.25, 0.3) is 11.1 Å². The molecule has 270 valence electrons. The third-order valence-corrected chi connectivity index (χ3v) is 13.3. The topological polar surface area (TPSA) is 66.7 Å². The van der Waals surface area contributed by atoms with Gasteiger partial charge in [-0.05, 0) is 158 Å². The van der Waals surface area contributed by atoms with Crippen LogP contribution in [-0.4, -0.2) is 83.4 Å². The summed E-state index contributed by atoms with van der Waals surface area (Å²) in [6, 6.07) is 12.3. The largest absolute Gasteiger partial charge is 0.496 e. The van der Waals surface area contributed by atoms with Crippen molar-refractivity contribution < 1.29 is 9.53 Å². The van der Waals surface area contributed by atoms with Crippen LogP contribution < -0.4 is 9.64 Å². The predicted molar refractivity (Wildman–Crippen MR) is 202 cm³/mol. The first-order valence-electron chi connectivity index (χ1n) is 19.3. The number of benzene rings is 1. The lowest BCUT2D eigenvalue weighted by Crippen LogP contribution is -2.52. The first kappa shape index (κ1) is 35.2. The summed E-state index contributed by atoms with van der Waals surface area (Å²) in [6.45, 7) is 11.8. The molecule has 2 bridgehead atoms. The minimum Gasteiger partial charge on any atom is -0.496 e. The standard InChI is InChI=1S/C42H60N6O2/c1-30-24-34(10-13-37(30)50-7)42-19-16-41(17-20-42,18-21-42)29-47(38-25-32(14-22-43-38)33-26-44-48(27-33)40(2,3)4)39(49)31-8-11-35(12-9-31)46-23-15-36(28-46)45(5)6/h10,13-14,22,24-27,31,35-36H,8-9,11-12,15-21,23,28-29H2,1-7H3. The zero-order chi connectivity index (χ0) is 35.3. The van der Waals surface area contributed by atoms with Gasteiger partial charge in [0.2, 0.25) is 5.91 Å². The van der Waals surface area contributed by atoms with Gasteiger partial charge in [0.05, 0.1) is 18.8 Å². The van der Waals surface area contributed by atoms with Crippen molar-refractivity contribution in [2.45, 2.75) is 121 Å². The fourth-order valence-corrected chi connectivity index (χ4v) is 9.76. The van der Waals surface area contributed by atoms with Crippen LogP contribution in [0.4, 0.5) is 5.82 Å². The van der Waals surface area contributed by atoms with Crippen molar-refractivity contribution in [1.82, 2.24) is 24.6 Å². The normalized spacial score (nSPS) is 28.7. The average Bonchev–Trinajstić information content (AvgIpc) is 3.83. The van der Waals surface area contributed by atoms with E-state index in [-0.39, 0.29) is 28.2 Å². The fourth-order valence-electron chi connectivity index (χ4n) is 9.76. The summed E-state index contributed by atoms with van der Waals surface area (Å²) in [7, 11) is 6.16. The molecule has 1 amide bonds. The van der Waals surface area contributed by atoms with E-state index in [4.69, 9.17) is 9.72 Å². The number of hydrogen-bond donors (Lipinski definition) is 0. The van der Waals surface area contributed by atoms with Gasteiger partial charge < -0.3 is 9.64 Å². The number of methoxy groups -OCH3 is 1. The number of pyridine rings is 1. The highest BCUT2D eigenvalue weighted by Gasteiger charge is 2.51. The highest BCUT2D eigenvalue weighted by atomic mass is 16.5. The Morgan fingerprint density at radius 2 is 1.68 bits per heavy atom. The van der Waals surface area contributed by atoms with E-state index in [2.05, 4.69) is 98.1 Å². The van der Waals surface area contributed by atoms with Gasteiger partial charge in [-0.3, -0.25) is 19.3 Å². The zero-order valence-electron chi connectivity index (χ0n) is 31.8. The molecule has 50 heavy (non-hydrogen) atoms. The van der Waals surface area contributed by atoms with Crippen molar-refractivity contribution in [2.24, 2.45) is 11.3 Å². The van der Waals surface area contributed by atoms with E-state index in [1.807, 2.05) is 17.1 Å². The summed E-state index contributed by atoms with van der Waals surface area (Å²) in [5.41, 5.74) is 5.07. The minimum atomic E-state index is -0.0990. The van der Waals surface area contributed by atoms with Crippen LogP contribution in [0.5, 0.6) is 5.75 Å². The maximum atomic E-state index is 14.8. The van der Waals surface area contributed by atoms with Crippen molar-refractivity contribution in [3.05, 3.63) is 60.0 Å². The molecule has 0 spiro atoms. The van der Waals surface area contributed by atoms with E-state index >= 15 is 0 Å². The molecule has 2 aromatic heterocycles. The molecular formula is C42H60N6O2. The van der Waals surface area contributed by atoms with Crippen molar-refractivity contribution in [3.63, 3.8) is 0 Å². The number of ether oxygens (including phenoxy) is 1.